The van der Waals surface area contributed by atoms with Crippen LogP contribution in [0.2, 0.25) is 0 Å². The third-order valence-electron chi connectivity index (χ3n) is 2.62. The first-order valence-electron chi connectivity index (χ1n) is 5.10. The van der Waals surface area contributed by atoms with E-state index < -0.39 is 0 Å². The van der Waals surface area contributed by atoms with Crippen LogP contribution in [0.3, 0.4) is 0 Å². The first-order chi connectivity index (χ1) is 7.16. The van der Waals surface area contributed by atoms with Crippen molar-refractivity contribution >= 4 is 5.69 Å². The van der Waals surface area contributed by atoms with Crippen molar-refractivity contribution in [2.75, 3.05) is 5.73 Å². The third-order valence-corrected chi connectivity index (χ3v) is 2.62. The Kier molecular flexibility index (Phi) is 2.46. The maximum atomic E-state index is 5.79. The van der Waals surface area contributed by atoms with Gasteiger partial charge in [0.05, 0.1) is 0 Å². The van der Waals surface area contributed by atoms with E-state index >= 15 is 0 Å². The average molecular weight is 197 g/mol. The summed E-state index contributed by atoms with van der Waals surface area (Å²) in [6, 6.07) is 14.5. The lowest BCUT2D eigenvalue weighted by Crippen LogP contribution is -1.88. The van der Waals surface area contributed by atoms with Crippen molar-refractivity contribution in [3.05, 3.63) is 53.6 Å². The topological polar surface area (TPSA) is 26.0 Å². The van der Waals surface area contributed by atoms with Gasteiger partial charge in [-0.15, -0.1) is 0 Å². The molecule has 0 spiro atoms. The highest BCUT2D eigenvalue weighted by Crippen LogP contribution is 2.25. The summed E-state index contributed by atoms with van der Waals surface area (Å²) >= 11 is 0. The standard InChI is InChI=1S/C14H15N/c1-10-3-6-12(7-4-10)14-9-13(15)8-5-11(14)2/h3-9H,15H2,1-2H3. The zero-order chi connectivity index (χ0) is 10.8. The number of hydrogen-bond donors (Lipinski definition) is 1. The molecule has 76 valence electrons. The molecule has 0 radical (unpaired) electrons. The predicted molar refractivity (Wildman–Crippen MR) is 65.8 cm³/mol. The van der Waals surface area contributed by atoms with E-state index in [1.165, 1.54) is 22.3 Å². The minimum atomic E-state index is 0.816. The molecule has 2 aromatic rings. The Labute approximate surface area is 90.6 Å². The van der Waals surface area contributed by atoms with E-state index in [2.05, 4.69) is 44.2 Å². The molecule has 0 bridgehead atoms. The summed E-state index contributed by atoms with van der Waals surface area (Å²) in [4.78, 5) is 0. The fourth-order valence-electron chi connectivity index (χ4n) is 1.68. The largest absolute Gasteiger partial charge is 0.399 e. The van der Waals surface area contributed by atoms with Crippen LogP contribution in [0, 0.1) is 13.8 Å². The van der Waals surface area contributed by atoms with E-state index in [1.807, 2.05) is 12.1 Å². The van der Waals surface area contributed by atoms with E-state index in [4.69, 9.17) is 5.73 Å². The second kappa shape index (κ2) is 3.77. The third kappa shape index (κ3) is 2.01. The molecule has 0 aliphatic carbocycles. The fraction of sp³-hybridized carbons (Fsp3) is 0.143. The highest BCUT2D eigenvalue weighted by Gasteiger charge is 2.01. The zero-order valence-corrected chi connectivity index (χ0v) is 9.12. The Bertz CT molecular complexity index is 469. The maximum absolute atomic E-state index is 5.79. The van der Waals surface area contributed by atoms with E-state index in [9.17, 15) is 0 Å². The van der Waals surface area contributed by atoms with Crippen LogP contribution in [0.5, 0.6) is 0 Å². The summed E-state index contributed by atoms with van der Waals surface area (Å²) in [6.45, 7) is 4.20. The molecular formula is C14H15N. The summed E-state index contributed by atoms with van der Waals surface area (Å²) in [6.07, 6.45) is 0. The van der Waals surface area contributed by atoms with Gasteiger partial charge < -0.3 is 5.73 Å². The summed E-state index contributed by atoms with van der Waals surface area (Å²) in [5, 5.41) is 0. The summed E-state index contributed by atoms with van der Waals surface area (Å²) in [5.74, 6) is 0. The van der Waals surface area contributed by atoms with Gasteiger partial charge in [0, 0.05) is 5.69 Å². The number of hydrogen-bond acceptors (Lipinski definition) is 1. The lowest BCUT2D eigenvalue weighted by atomic mass is 9.99. The van der Waals surface area contributed by atoms with Crippen molar-refractivity contribution in [2.45, 2.75) is 13.8 Å². The minimum absolute atomic E-state index is 0.816. The molecule has 2 aromatic carbocycles. The van der Waals surface area contributed by atoms with Gasteiger partial charge in [0.1, 0.15) is 0 Å². The lowest BCUT2D eigenvalue weighted by Gasteiger charge is -2.07. The number of nitrogens with two attached hydrogens (primary N) is 1. The van der Waals surface area contributed by atoms with Gasteiger partial charge in [0.2, 0.25) is 0 Å². The van der Waals surface area contributed by atoms with Crippen LogP contribution < -0.4 is 5.73 Å². The van der Waals surface area contributed by atoms with Crippen molar-refractivity contribution < 1.29 is 0 Å². The van der Waals surface area contributed by atoms with Crippen LogP contribution in [-0.2, 0) is 0 Å². The molecule has 0 fully saturated rings. The molecule has 0 heterocycles. The molecule has 1 heteroatoms. The van der Waals surface area contributed by atoms with Gasteiger partial charge in [-0.2, -0.15) is 0 Å². The molecular weight excluding hydrogens is 182 g/mol. The van der Waals surface area contributed by atoms with Crippen molar-refractivity contribution in [2.24, 2.45) is 0 Å². The van der Waals surface area contributed by atoms with E-state index in [0.717, 1.165) is 5.69 Å². The Morgan fingerprint density at radius 2 is 1.53 bits per heavy atom. The van der Waals surface area contributed by atoms with E-state index in [-0.39, 0.29) is 0 Å². The monoisotopic (exact) mass is 197 g/mol. The Morgan fingerprint density at radius 1 is 0.867 bits per heavy atom. The second-order valence-corrected chi connectivity index (χ2v) is 3.94. The zero-order valence-electron chi connectivity index (χ0n) is 9.12. The van der Waals surface area contributed by atoms with Crippen molar-refractivity contribution in [3.8, 4) is 11.1 Å². The average Bonchev–Trinajstić information content (AvgIpc) is 2.23. The highest BCUT2D eigenvalue weighted by atomic mass is 14.5. The summed E-state index contributed by atoms with van der Waals surface area (Å²) in [5.41, 5.74) is 11.6. The molecule has 0 aliphatic heterocycles. The quantitative estimate of drug-likeness (QED) is 0.695. The van der Waals surface area contributed by atoms with Gasteiger partial charge in [-0.1, -0.05) is 35.9 Å². The molecule has 0 saturated carbocycles. The predicted octanol–water partition coefficient (Wildman–Crippen LogP) is 3.55. The first-order valence-corrected chi connectivity index (χ1v) is 5.10. The normalized spacial score (nSPS) is 10.3. The van der Waals surface area contributed by atoms with Gasteiger partial charge in [-0.3, -0.25) is 0 Å². The highest BCUT2D eigenvalue weighted by molar-refractivity contribution is 5.70. The van der Waals surface area contributed by atoms with Crippen molar-refractivity contribution in [3.63, 3.8) is 0 Å². The maximum Gasteiger partial charge on any atom is 0.0320 e. The Morgan fingerprint density at radius 3 is 2.20 bits per heavy atom. The molecule has 0 amide bonds. The summed E-state index contributed by atoms with van der Waals surface area (Å²) < 4.78 is 0. The van der Waals surface area contributed by atoms with Gasteiger partial charge in [0.15, 0.2) is 0 Å². The number of aryl methyl sites for hydroxylation is 2. The number of benzene rings is 2. The molecule has 0 saturated heterocycles. The minimum Gasteiger partial charge on any atom is -0.399 e. The van der Waals surface area contributed by atoms with Gasteiger partial charge >= 0.3 is 0 Å². The second-order valence-electron chi connectivity index (χ2n) is 3.94. The van der Waals surface area contributed by atoms with E-state index in [1.54, 1.807) is 0 Å². The Hall–Kier alpha value is -1.76. The van der Waals surface area contributed by atoms with Crippen LogP contribution in [-0.4, -0.2) is 0 Å². The van der Waals surface area contributed by atoms with E-state index in [0.29, 0.717) is 0 Å². The van der Waals surface area contributed by atoms with Crippen LogP contribution >= 0.6 is 0 Å². The molecule has 2 N–H and O–H groups in total. The lowest BCUT2D eigenvalue weighted by molar-refractivity contribution is 1.43. The van der Waals surface area contributed by atoms with Crippen LogP contribution in [0.1, 0.15) is 11.1 Å². The Balaban J connectivity index is 2.53. The SMILES string of the molecule is Cc1ccc(-c2cc(N)ccc2C)cc1. The smallest absolute Gasteiger partial charge is 0.0320 e. The molecule has 0 unspecified atom stereocenters. The molecule has 0 aromatic heterocycles. The molecule has 15 heavy (non-hydrogen) atoms. The van der Waals surface area contributed by atoms with Crippen molar-refractivity contribution in [1.82, 2.24) is 0 Å². The molecule has 0 atom stereocenters. The summed E-state index contributed by atoms with van der Waals surface area (Å²) in [7, 11) is 0. The number of rotatable bonds is 1. The number of nitrogen functional groups attached to an aromatic ring is 1. The molecule has 2 rings (SSSR count). The van der Waals surface area contributed by atoms with Gasteiger partial charge in [-0.05, 0) is 42.7 Å². The van der Waals surface area contributed by atoms with Crippen molar-refractivity contribution in [1.29, 1.82) is 0 Å². The number of anilines is 1. The fourth-order valence-corrected chi connectivity index (χ4v) is 1.68. The first kappa shape index (κ1) is 9.78. The van der Waals surface area contributed by atoms with Crippen LogP contribution in [0.15, 0.2) is 42.5 Å². The van der Waals surface area contributed by atoms with Gasteiger partial charge in [0.25, 0.3) is 0 Å². The van der Waals surface area contributed by atoms with Crippen LogP contribution in [0.25, 0.3) is 11.1 Å². The van der Waals surface area contributed by atoms with Gasteiger partial charge in [-0.25, -0.2) is 0 Å². The molecule has 0 aliphatic rings. The molecule has 1 nitrogen and oxygen atoms in total. The van der Waals surface area contributed by atoms with Crippen LogP contribution in [0.4, 0.5) is 5.69 Å².